The summed E-state index contributed by atoms with van der Waals surface area (Å²) in [6.07, 6.45) is 10.2. The molecule has 0 amide bonds. The minimum Gasteiger partial charge on any atom is -0.494 e. The first-order valence-electron chi connectivity index (χ1n) is 9.91. The molecule has 0 radical (unpaired) electrons. The van der Waals surface area contributed by atoms with Crippen molar-refractivity contribution in [3.63, 3.8) is 0 Å². The van der Waals surface area contributed by atoms with Crippen LogP contribution in [0.3, 0.4) is 0 Å². The molecule has 0 heterocycles. The fourth-order valence-corrected chi connectivity index (χ4v) is 2.50. The van der Waals surface area contributed by atoms with E-state index in [1.165, 1.54) is 0 Å². The van der Waals surface area contributed by atoms with Crippen LogP contribution < -0.4 is 9.47 Å². The molecule has 0 N–H and O–H groups in total. The Labute approximate surface area is 168 Å². The van der Waals surface area contributed by atoms with Crippen LogP contribution in [-0.4, -0.2) is 13.2 Å². The van der Waals surface area contributed by atoms with Gasteiger partial charge in [0.25, 0.3) is 0 Å². The molecule has 0 aliphatic carbocycles. The number of allylic oxidation sites excluding steroid dienone is 2. The molecule has 0 aliphatic heterocycles. The van der Waals surface area contributed by atoms with Gasteiger partial charge in [-0.2, -0.15) is 10.2 Å². The molecule has 0 aromatic heterocycles. The predicted octanol–water partition coefficient (Wildman–Crippen LogP) is 7.57. The van der Waals surface area contributed by atoms with Crippen molar-refractivity contribution >= 4 is 11.4 Å². The Kier molecular flexibility index (Phi) is 10.2. The topological polar surface area (TPSA) is 43.2 Å². The Morgan fingerprint density at radius 2 is 1.00 bits per heavy atom. The number of azo groups is 1. The van der Waals surface area contributed by atoms with E-state index in [0.717, 1.165) is 74.6 Å². The molecule has 0 saturated heterocycles. The molecule has 0 atom stereocenters. The van der Waals surface area contributed by atoms with Crippen LogP contribution in [0.4, 0.5) is 11.4 Å². The van der Waals surface area contributed by atoms with Gasteiger partial charge in [-0.15, -0.1) is 13.2 Å². The summed E-state index contributed by atoms with van der Waals surface area (Å²) in [6, 6.07) is 15.3. The van der Waals surface area contributed by atoms with E-state index >= 15 is 0 Å². The van der Waals surface area contributed by atoms with E-state index in [-0.39, 0.29) is 0 Å². The van der Waals surface area contributed by atoms with Gasteiger partial charge in [-0.1, -0.05) is 12.2 Å². The van der Waals surface area contributed by atoms with Crippen LogP contribution >= 0.6 is 0 Å². The van der Waals surface area contributed by atoms with Crippen LogP contribution in [0.2, 0.25) is 0 Å². The molecule has 0 spiro atoms. The van der Waals surface area contributed by atoms with Crippen molar-refractivity contribution in [2.45, 2.75) is 38.5 Å². The molecule has 0 saturated carbocycles. The average Bonchev–Trinajstić information content (AvgIpc) is 2.74. The summed E-state index contributed by atoms with van der Waals surface area (Å²) in [6.45, 7) is 8.88. The molecule has 2 aromatic rings. The first-order chi connectivity index (χ1) is 13.8. The molecule has 0 unspecified atom stereocenters. The van der Waals surface area contributed by atoms with Gasteiger partial charge < -0.3 is 9.47 Å². The molecular weight excluding hydrogens is 348 g/mol. The van der Waals surface area contributed by atoms with Gasteiger partial charge in [0.15, 0.2) is 0 Å². The lowest BCUT2D eigenvalue weighted by Gasteiger charge is -2.06. The molecule has 0 fully saturated rings. The van der Waals surface area contributed by atoms with Gasteiger partial charge >= 0.3 is 0 Å². The van der Waals surface area contributed by atoms with Crippen molar-refractivity contribution in [3.8, 4) is 11.5 Å². The van der Waals surface area contributed by atoms with E-state index in [1.807, 2.05) is 60.7 Å². The maximum Gasteiger partial charge on any atom is 0.119 e. The van der Waals surface area contributed by atoms with Gasteiger partial charge in [-0.3, -0.25) is 0 Å². The number of hydrogen-bond donors (Lipinski definition) is 0. The first kappa shape index (κ1) is 21.4. The van der Waals surface area contributed by atoms with Crippen LogP contribution in [0.25, 0.3) is 0 Å². The summed E-state index contributed by atoms with van der Waals surface area (Å²) < 4.78 is 11.4. The molecule has 148 valence electrons. The van der Waals surface area contributed by atoms with Crippen LogP contribution in [0.15, 0.2) is 84.1 Å². The van der Waals surface area contributed by atoms with Crippen molar-refractivity contribution in [2.24, 2.45) is 10.2 Å². The maximum atomic E-state index is 5.71. The van der Waals surface area contributed by atoms with Gasteiger partial charge in [-0.05, 0) is 87.1 Å². The highest BCUT2D eigenvalue weighted by Gasteiger charge is 1.97. The quantitative estimate of drug-likeness (QED) is 0.193. The van der Waals surface area contributed by atoms with Crippen LogP contribution in [-0.2, 0) is 0 Å². The lowest BCUT2D eigenvalue weighted by molar-refractivity contribution is 0.307. The number of ether oxygens (including phenoxy) is 2. The third kappa shape index (κ3) is 8.67. The third-order valence-corrected chi connectivity index (χ3v) is 4.10. The molecule has 0 bridgehead atoms. The number of rotatable bonds is 14. The van der Waals surface area contributed by atoms with Crippen LogP contribution in [0, 0.1) is 0 Å². The molecule has 2 aromatic carbocycles. The molecule has 28 heavy (non-hydrogen) atoms. The molecule has 4 nitrogen and oxygen atoms in total. The van der Waals surface area contributed by atoms with Crippen molar-refractivity contribution < 1.29 is 9.47 Å². The summed E-state index contributed by atoms with van der Waals surface area (Å²) >= 11 is 0. The van der Waals surface area contributed by atoms with Crippen molar-refractivity contribution in [3.05, 3.63) is 73.8 Å². The monoisotopic (exact) mass is 378 g/mol. The van der Waals surface area contributed by atoms with Gasteiger partial charge in [0.1, 0.15) is 11.5 Å². The molecule has 0 aliphatic rings. The first-order valence-corrected chi connectivity index (χ1v) is 9.91. The second-order valence-electron chi connectivity index (χ2n) is 6.45. The van der Waals surface area contributed by atoms with E-state index in [9.17, 15) is 0 Å². The lowest BCUT2D eigenvalue weighted by Crippen LogP contribution is -1.96. The van der Waals surface area contributed by atoms with Gasteiger partial charge in [0.05, 0.1) is 24.6 Å². The lowest BCUT2D eigenvalue weighted by atomic mass is 10.2. The smallest absolute Gasteiger partial charge is 0.119 e. The summed E-state index contributed by atoms with van der Waals surface area (Å²) in [5.74, 6) is 1.71. The van der Waals surface area contributed by atoms with Gasteiger partial charge in [0.2, 0.25) is 0 Å². The SMILES string of the molecule is C=CCCCCOc1ccc(/N=N/c2ccc(OCCCCC=C)cc2)cc1. The molecule has 2 rings (SSSR count). The second kappa shape index (κ2) is 13.3. The van der Waals surface area contributed by atoms with E-state index in [0.29, 0.717) is 0 Å². The van der Waals surface area contributed by atoms with Gasteiger partial charge in [-0.25, -0.2) is 0 Å². The number of hydrogen-bond acceptors (Lipinski definition) is 4. The summed E-state index contributed by atoms with van der Waals surface area (Å²) in [5.41, 5.74) is 1.59. The zero-order chi connectivity index (χ0) is 19.9. The summed E-state index contributed by atoms with van der Waals surface area (Å²) in [5, 5.41) is 8.54. The number of benzene rings is 2. The van der Waals surface area contributed by atoms with E-state index in [1.54, 1.807) is 0 Å². The zero-order valence-corrected chi connectivity index (χ0v) is 16.6. The Balaban J connectivity index is 1.74. The number of nitrogens with zero attached hydrogens (tertiary/aromatic N) is 2. The highest BCUT2D eigenvalue weighted by atomic mass is 16.5. The summed E-state index contributed by atoms with van der Waals surface area (Å²) in [4.78, 5) is 0. The second-order valence-corrected chi connectivity index (χ2v) is 6.45. The molecular formula is C24H30N2O2. The average molecular weight is 379 g/mol. The van der Waals surface area contributed by atoms with Crippen molar-refractivity contribution in [2.75, 3.05) is 13.2 Å². The fraction of sp³-hybridized carbons (Fsp3) is 0.333. The largest absolute Gasteiger partial charge is 0.494 e. The predicted molar refractivity (Wildman–Crippen MR) is 116 cm³/mol. The fourth-order valence-electron chi connectivity index (χ4n) is 2.50. The Morgan fingerprint density at radius 3 is 1.36 bits per heavy atom. The minimum atomic E-state index is 0.720. The normalized spacial score (nSPS) is 10.7. The highest BCUT2D eigenvalue weighted by molar-refractivity contribution is 5.44. The molecule has 4 heteroatoms. The Morgan fingerprint density at radius 1 is 0.607 bits per heavy atom. The summed E-state index contributed by atoms with van der Waals surface area (Å²) in [7, 11) is 0. The Hall–Kier alpha value is -2.88. The highest BCUT2D eigenvalue weighted by Crippen LogP contribution is 2.23. The van der Waals surface area contributed by atoms with Crippen LogP contribution in [0.5, 0.6) is 11.5 Å². The third-order valence-electron chi connectivity index (χ3n) is 4.10. The van der Waals surface area contributed by atoms with Crippen molar-refractivity contribution in [1.82, 2.24) is 0 Å². The van der Waals surface area contributed by atoms with Gasteiger partial charge in [0, 0.05) is 0 Å². The maximum absolute atomic E-state index is 5.71. The minimum absolute atomic E-state index is 0.720. The van der Waals surface area contributed by atoms with E-state index < -0.39 is 0 Å². The standard InChI is InChI=1S/C24H30N2O2/c1-3-5-7-9-19-27-23-15-11-21(12-16-23)25-26-22-13-17-24(18-14-22)28-20-10-8-6-4-2/h3-4,11-18H,1-2,5-10,19-20H2/b26-25+. The van der Waals surface area contributed by atoms with Crippen LogP contribution in [0.1, 0.15) is 38.5 Å². The zero-order valence-electron chi connectivity index (χ0n) is 16.6. The van der Waals surface area contributed by atoms with Crippen molar-refractivity contribution in [1.29, 1.82) is 0 Å². The number of unbranched alkanes of at least 4 members (excludes halogenated alkanes) is 4. The Bertz CT molecular complexity index is 658. The van der Waals surface area contributed by atoms with E-state index in [4.69, 9.17) is 9.47 Å². The van der Waals surface area contributed by atoms with E-state index in [2.05, 4.69) is 23.4 Å².